The first-order chi connectivity index (χ1) is 8.62. The highest BCUT2D eigenvalue weighted by Crippen LogP contribution is 2.27. The van der Waals surface area contributed by atoms with E-state index in [0.29, 0.717) is 5.69 Å². The fraction of sp³-hybridized carbons (Fsp3) is 0.467. The first-order valence-electron chi connectivity index (χ1n) is 6.27. The molecule has 104 valence electrons. The Hall–Kier alpha value is -1.84. The van der Waals surface area contributed by atoms with Crippen molar-refractivity contribution in [2.75, 3.05) is 5.32 Å². The SMILES string of the molecule is Cc1ccc(C(=O)O)cc1NC(=O)C(C)C(C)(C)C. The number of benzene rings is 1. The smallest absolute Gasteiger partial charge is 0.335 e. The number of nitrogens with one attached hydrogen (secondary N) is 1. The van der Waals surface area contributed by atoms with Crippen LogP contribution in [-0.4, -0.2) is 17.0 Å². The third kappa shape index (κ3) is 3.81. The van der Waals surface area contributed by atoms with Crippen LogP contribution in [0.4, 0.5) is 5.69 Å². The largest absolute Gasteiger partial charge is 0.478 e. The lowest BCUT2D eigenvalue weighted by Crippen LogP contribution is -2.31. The summed E-state index contributed by atoms with van der Waals surface area (Å²) in [6.45, 7) is 9.70. The van der Waals surface area contributed by atoms with E-state index in [-0.39, 0.29) is 22.8 Å². The van der Waals surface area contributed by atoms with Gasteiger partial charge in [-0.3, -0.25) is 4.79 Å². The molecule has 1 atom stereocenters. The van der Waals surface area contributed by atoms with Gasteiger partial charge in [-0.2, -0.15) is 0 Å². The Bertz CT molecular complexity index is 501. The second-order valence-electron chi connectivity index (χ2n) is 5.91. The van der Waals surface area contributed by atoms with Gasteiger partial charge in [0.15, 0.2) is 0 Å². The molecule has 1 amide bonds. The number of amides is 1. The van der Waals surface area contributed by atoms with Crippen LogP contribution in [0.1, 0.15) is 43.6 Å². The van der Waals surface area contributed by atoms with Crippen LogP contribution in [0.2, 0.25) is 0 Å². The number of rotatable bonds is 3. The molecule has 0 aliphatic rings. The Labute approximate surface area is 113 Å². The van der Waals surface area contributed by atoms with Crippen molar-refractivity contribution >= 4 is 17.6 Å². The molecule has 4 nitrogen and oxygen atoms in total. The summed E-state index contributed by atoms with van der Waals surface area (Å²) in [6.07, 6.45) is 0. The van der Waals surface area contributed by atoms with Gasteiger partial charge in [-0.25, -0.2) is 4.79 Å². The fourth-order valence-electron chi connectivity index (χ4n) is 1.52. The Kier molecular flexibility index (Phi) is 4.35. The van der Waals surface area contributed by atoms with Crippen LogP contribution < -0.4 is 5.32 Å². The molecular weight excluding hydrogens is 242 g/mol. The second kappa shape index (κ2) is 5.43. The molecule has 0 saturated heterocycles. The van der Waals surface area contributed by atoms with Gasteiger partial charge < -0.3 is 10.4 Å². The Morgan fingerprint density at radius 1 is 1.26 bits per heavy atom. The molecule has 0 aromatic heterocycles. The van der Waals surface area contributed by atoms with Gasteiger partial charge in [0, 0.05) is 11.6 Å². The summed E-state index contributed by atoms with van der Waals surface area (Å²) in [5.74, 6) is -1.27. The maximum atomic E-state index is 12.1. The van der Waals surface area contributed by atoms with Crippen molar-refractivity contribution in [3.05, 3.63) is 29.3 Å². The average molecular weight is 263 g/mol. The summed E-state index contributed by atoms with van der Waals surface area (Å²) in [7, 11) is 0. The van der Waals surface area contributed by atoms with Crippen molar-refractivity contribution in [1.82, 2.24) is 0 Å². The zero-order valence-corrected chi connectivity index (χ0v) is 12.1. The maximum Gasteiger partial charge on any atom is 0.335 e. The standard InChI is InChI=1S/C15H21NO3/c1-9-6-7-11(14(18)19)8-12(9)16-13(17)10(2)15(3,4)5/h6-8,10H,1-5H3,(H,16,17)(H,18,19). The van der Waals surface area contributed by atoms with Gasteiger partial charge in [-0.1, -0.05) is 33.8 Å². The molecule has 2 N–H and O–H groups in total. The molecule has 1 aromatic carbocycles. The third-order valence-corrected chi connectivity index (χ3v) is 3.43. The van der Waals surface area contributed by atoms with Crippen LogP contribution in [0.15, 0.2) is 18.2 Å². The molecule has 1 unspecified atom stereocenters. The predicted molar refractivity (Wildman–Crippen MR) is 75.4 cm³/mol. The molecule has 0 aliphatic heterocycles. The van der Waals surface area contributed by atoms with Crippen molar-refractivity contribution < 1.29 is 14.7 Å². The molecule has 0 heterocycles. The molecule has 0 saturated carbocycles. The summed E-state index contributed by atoms with van der Waals surface area (Å²) in [6, 6.07) is 4.71. The highest BCUT2D eigenvalue weighted by molar-refractivity contribution is 5.95. The number of carboxylic acid groups (broad SMARTS) is 1. The van der Waals surface area contributed by atoms with Crippen molar-refractivity contribution in [2.24, 2.45) is 11.3 Å². The normalized spacial score (nSPS) is 12.9. The summed E-state index contributed by atoms with van der Waals surface area (Å²) < 4.78 is 0. The van der Waals surface area contributed by atoms with Crippen molar-refractivity contribution in [3.8, 4) is 0 Å². The first-order valence-corrected chi connectivity index (χ1v) is 6.27. The van der Waals surface area contributed by atoms with Crippen molar-refractivity contribution in [1.29, 1.82) is 0 Å². The second-order valence-corrected chi connectivity index (χ2v) is 5.91. The van der Waals surface area contributed by atoms with Gasteiger partial charge in [0.25, 0.3) is 0 Å². The van der Waals surface area contributed by atoms with Crippen molar-refractivity contribution in [2.45, 2.75) is 34.6 Å². The minimum absolute atomic E-state index is 0.0989. The summed E-state index contributed by atoms with van der Waals surface area (Å²) in [4.78, 5) is 23.1. The summed E-state index contributed by atoms with van der Waals surface area (Å²) >= 11 is 0. The number of aromatic carboxylic acids is 1. The van der Waals surface area contributed by atoms with E-state index in [9.17, 15) is 9.59 Å². The number of hydrogen-bond acceptors (Lipinski definition) is 2. The monoisotopic (exact) mass is 263 g/mol. The predicted octanol–water partition coefficient (Wildman–Crippen LogP) is 3.31. The number of carbonyl (C=O) groups excluding carboxylic acids is 1. The van der Waals surface area contributed by atoms with E-state index in [2.05, 4.69) is 5.32 Å². The van der Waals surface area contributed by atoms with Crippen LogP contribution in [-0.2, 0) is 4.79 Å². The highest BCUT2D eigenvalue weighted by atomic mass is 16.4. The van der Waals surface area contributed by atoms with Crippen LogP contribution in [0, 0.1) is 18.3 Å². The topological polar surface area (TPSA) is 66.4 Å². The van der Waals surface area contributed by atoms with E-state index in [4.69, 9.17) is 5.11 Å². The van der Waals surface area contributed by atoms with Gasteiger partial charge in [-0.05, 0) is 30.0 Å². The number of carbonyl (C=O) groups is 2. The van der Waals surface area contributed by atoms with Gasteiger partial charge in [0.05, 0.1) is 5.56 Å². The summed E-state index contributed by atoms with van der Waals surface area (Å²) in [5, 5.41) is 11.8. The average Bonchev–Trinajstić information content (AvgIpc) is 2.29. The van der Waals surface area contributed by atoms with E-state index in [1.807, 2.05) is 34.6 Å². The Morgan fingerprint density at radius 3 is 2.32 bits per heavy atom. The molecule has 4 heteroatoms. The molecule has 0 spiro atoms. The lowest BCUT2D eigenvalue weighted by atomic mass is 9.81. The Balaban J connectivity index is 2.96. The molecule has 0 bridgehead atoms. The van der Waals surface area contributed by atoms with E-state index in [0.717, 1.165) is 5.56 Å². The van der Waals surface area contributed by atoms with E-state index in [1.165, 1.54) is 12.1 Å². The van der Waals surface area contributed by atoms with Crippen LogP contribution in [0.5, 0.6) is 0 Å². The molecular formula is C15H21NO3. The number of hydrogen-bond donors (Lipinski definition) is 2. The van der Waals surface area contributed by atoms with E-state index >= 15 is 0 Å². The minimum atomic E-state index is -1.00. The summed E-state index contributed by atoms with van der Waals surface area (Å²) in [5.41, 5.74) is 1.44. The molecule has 0 fully saturated rings. The molecule has 1 rings (SSSR count). The molecule has 0 aliphatic carbocycles. The van der Waals surface area contributed by atoms with Crippen LogP contribution in [0.25, 0.3) is 0 Å². The highest BCUT2D eigenvalue weighted by Gasteiger charge is 2.27. The van der Waals surface area contributed by atoms with E-state index < -0.39 is 5.97 Å². The van der Waals surface area contributed by atoms with Crippen molar-refractivity contribution in [3.63, 3.8) is 0 Å². The Morgan fingerprint density at radius 2 is 1.84 bits per heavy atom. The van der Waals surface area contributed by atoms with Gasteiger partial charge in [-0.15, -0.1) is 0 Å². The number of anilines is 1. The fourth-order valence-corrected chi connectivity index (χ4v) is 1.52. The van der Waals surface area contributed by atoms with Gasteiger partial charge in [0.2, 0.25) is 5.91 Å². The van der Waals surface area contributed by atoms with Gasteiger partial charge >= 0.3 is 5.97 Å². The first kappa shape index (κ1) is 15.2. The molecule has 19 heavy (non-hydrogen) atoms. The maximum absolute atomic E-state index is 12.1. The zero-order chi connectivity index (χ0) is 14.8. The lowest BCUT2D eigenvalue weighted by Gasteiger charge is -2.26. The third-order valence-electron chi connectivity index (χ3n) is 3.43. The van der Waals surface area contributed by atoms with E-state index in [1.54, 1.807) is 6.07 Å². The van der Waals surface area contributed by atoms with Gasteiger partial charge in [0.1, 0.15) is 0 Å². The molecule has 0 radical (unpaired) electrons. The number of carboxylic acids is 1. The zero-order valence-electron chi connectivity index (χ0n) is 12.1. The quantitative estimate of drug-likeness (QED) is 0.879. The molecule has 1 aromatic rings. The van der Waals surface area contributed by atoms with Crippen LogP contribution in [0.3, 0.4) is 0 Å². The van der Waals surface area contributed by atoms with Crippen LogP contribution >= 0.6 is 0 Å². The minimum Gasteiger partial charge on any atom is -0.478 e. The lowest BCUT2D eigenvalue weighted by molar-refractivity contribution is -0.122. The number of aryl methyl sites for hydroxylation is 1.